The number of nitrogens with zero attached hydrogens (tertiary/aromatic N) is 2. The third-order valence-corrected chi connectivity index (χ3v) is 4.41. The molecule has 21 heavy (non-hydrogen) atoms. The van der Waals surface area contributed by atoms with Gasteiger partial charge in [0, 0.05) is 31.9 Å². The summed E-state index contributed by atoms with van der Waals surface area (Å²) in [6.45, 7) is 4.21. The number of rotatable bonds is 2. The third-order valence-electron chi connectivity index (χ3n) is 4.41. The van der Waals surface area contributed by atoms with Crippen LogP contribution in [0.25, 0.3) is 0 Å². The van der Waals surface area contributed by atoms with Crippen LogP contribution in [0.5, 0.6) is 5.75 Å². The number of aromatic hydroxyl groups is 1. The number of phenols is 1. The standard InChI is InChI=1S/C16H23N3O2/c20-14-6-4-13(5-7-14)18-9-11-19(12-10-18)16(21)15-3-1-2-8-17-15/h4-7,15,17,20H,1-3,8-12H2. The molecule has 2 aliphatic rings. The lowest BCUT2D eigenvalue weighted by Gasteiger charge is -2.38. The molecule has 1 aromatic rings. The van der Waals surface area contributed by atoms with Gasteiger partial charge in [-0.2, -0.15) is 0 Å². The van der Waals surface area contributed by atoms with Crippen LogP contribution >= 0.6 is 0 Å². The molecule has 0 radical (unpaired) electrons. The van der Waals surface area contributed by atoms with E-state index in [9.17, 15) is 9.90 Å². The van der Waals surface area contributed by atoms with Crippen molar-refractivity contribution in [3.8, 4) is 5.75 Å². The Labute approximate surface area is 125 Å². The number of amides is 1. The molecule has 2 fully saturated rings. The van der Waals surface area contributed by atoms with Crippen molar-refractivity contribution in [2.45, 2.75) is 25.3 Å². The van der Waals surface area contributed by atoms with E-state index in [-0.39, 0.29) is 17.7 Å². The molecule has 1 unspecified atom stereocenters. The Balaban J connectivity index is 1.54. The Morgan fingerprint density at radius 1 is 1.10 bits per heavy atom. The molecule has 2 aliphatic heterocycles. The fourth-order valence-corrected chi connectivity index (χ4v) is 3.13. The number of phenolic OH excluding ortho intramolecular Hbond substituents is 1. The summed E-state index contributed by atoms with van der Waals surface area (Å²) in [5.74, 6) is 0.552. The Morgan fingerprint density at radius 2 is 1.81 bits per heavy atom. The van der Waals surface area contributed by atoms with Crippen molar-refractivity contribution >= 4 is 11.6 Å². The van der Waals surface area contributed by atoms with Gasteiger partial charge >= 0.3 is 0 Å². The van der Waals surface area contributed by atoms with Crippen LogP contribution in [-0.4, -0.2) is 54.7 Å². The van der Waals surface area contributed by atoms with E-state index >= 15 is 0 Å². The molecule has 114 valence electrons. The van der Waals surface area contributed by atoms with Crippen molar-refractivity contribution in [3.63, 3.8) is 0 Å². The summed E-state index contributed by atoms with van der Waals surface area (Å²) in [7, 11) is 0. The van der Waals surface area contributed by atoms with Crippen LogP contribution in [-0.2, 0) is 4.79 Å². The van der Waals surface area contributed by atoms with E-state index in [0.717, 1.165) is 51.3 Å². The van der Waals surface area contributed by atoms with Crippen LogP contribution in [0.15, 0.2) is 24.3 Å². The largest absolute Gasteiger partial charge is 0.508 e. The average Bonchev–Trinajstić information content (AvgIpc) is 2.56. The number of anilines is 1. The molecule has 2 saturated heterocycles. The molecule has 0 bridgehead atoms. The van der Waals surface area contributed by atoms with Crippen LogP contribution in [0.1, 0.15) is 19.3 Å². The molecule has 5 nitrogen and oxygen atoms in total. The summed E-state index contributed by atoms with van der Waals surface area (Å²) in [6.07, 6.45) is 3.30. The normalized spacial score (nSPS) is 23.1. The second-order valence-electron chi connectivity index (χ2n) is 5.83. The minimum atomic E-state index is 0.0268. The summed E-state index contributed by atoms with van der Waals surface area (Å²) in [4.78, 5) is 16.7. The topological polar surface area (TPSA) is 55.8 Å². The van der Waals surface area contributed by atoms with Gasteiger partial charge in [0.05, 0.1) is 6.04 Å². The molecule has 3 rings (SSSR count). The second kappa shape index (κ2) is 6.35. The Morgan fingerprint density at radius 3 is 2.43 bits per heavy atom. The maximum atomic E-state index is 12.5. The van der Waals surface area contributed by atoms with Crippen LogP contribution in [0, 0.1) is 0 Å². The number of benzene rings is 1. The lowest BCUT2D eigenvalue weighted by molar-refractivity contribution is -0.134. The molecular weight excluding hydrogens is 266 g/mol. The highest BCUT2D eigenvalue weighted by Crippen LogP contribution is 2.20. The van der Waals surface area contributed by atoms with Gasteiger partial charge in [-0.1, -0.05) is 6.42 Å². The summed E-state index contributed by atoms with van der Waals surface area (Å²) in [6, 6.07) is 7.29. The van der Waals surface area contributed by atoms with E-state index < -0.39 is 0 Å². The van der Waals surface area contributed by atoms with Crippen molar-refractivity contribution in [1.82, 2.24) is 10.2 Å². The first kappa shape index (κ1) is 14.2. The predicted molar refractivity (Wildman–Crippen MR) is 82.5 cm³/mol. The van der Waals surface area contributed by atoms with Crippen LogP contribution in [0.4, 0.5) is 5.69 Å². The molecule has 2 heterocycles. The molecular formula is C16H23N3O2. The van der Waals surface area contributed by atoms with Crippen molar-refractivity contribution in [1.29, 1.82) is 0 Å². The van der Waals surface area contributed by atoms with E-state index in [4.69, 9.17) is 0 Å². The first-order valence-corrected chi connectivity index (χ1v) is 7.80. The van der Waals surface area contributed by atoms with Gasteiger partial charge in [0.2, 0.25) is 5.91 Å². The predicted octanol–water partition coefficient (Wildman–Crippen LogP) is 1.18. The molecule has 2 N–H and O–H groups in total. The van der Waals surface area contributed by atoms with Crippen molar-refractivity contribution in [2.24, 2.45) is 0 Å². The van der Waals surface area contributed by atoms with Crippen molar-refractivity contribution in [3.05, 3.63) is 24.3 Å². The first-order valence-electron chi connectivity index (χ1n) is 7.80. The van der Waals surface area contributed by atoms with E-state index in [1.807, 2.05) is 17.0 Å². The Hall–Kier alpha value is -1.75. The molecule has 0 saturated carbocycles. The van der Waals surface area contributed by atoms with Gasteiger partial charge in [0.25, 0.3) is 0 Å². The maximum Gasteiger partial charge on any atom is 0.239 e. The van der Waals surface area contributed by atoms with Crippen molar-refractivity contribution in [2.75, 3.05) is 37.6 Å². The fraction of sp³-hybridized carbons (Fsp3) is 0.562. The molecule has 1 atom stereocenters. The zero-order valence-corrected chi connectivity index (χ0v) is 12.3. The summed E-state index contributed by atoms with van der Waals surface area (Å²) >= 11 is 0. The second-order valence-corrected chi connectivity index (χ2v) is 5.83. The highest BCUT2D eigenvalue weighted by molar-refractivity contribution is 5.82. The quantitative estimate of drug-likeness (QED) is 0.858. The maximum absolute atomic E-state index is 12.5. The van der Waals surface area contributed by atoms with Gasteiger partial charge in [-0.05, 0) is 43.7 Å². The number of piperidine rings is 1. The lowest BCUT2D eigenvalue weighted by atomic mass is 10.0. The highest BCUT2D eigenvalue weighted by atomic mass is 16.3. The van der Waals surface area contributed by atoms with Gasteiger partial charge in [-0.25, -0.2) is 0 Å². The minimum absolute atomic E-state index is 0.0268. The smallest absolute Gasteiger partial charge is 0.239 e. The number of carbonyl (C=O) groups is 1. The SMILES string of the molecule is O=C(C1CCCCN1)N1CCN(c2ccc(O)cc2)CC1. The number of carbonyl (C=O) groups excluding carboxylic acids is 1. The zero-order valence-electron chi connectivity index (χ0n) is 12.3. The lowest BCUT2D eigenvalue weighted by Crippen LogP contribution is -2.55. The molecule has 5 heteroatoms. The minimum Gasteiger partial charge on any atom is -0.508 e. The Bertz CT molecular complexity index is 475. The van der Waals surface area contributed by atoms with Gasteiger partial charge in [-0.15, -0.1) is 0 Å². The monoisotopic (exact) mass is 289 g/mol. The fourth-order valence-electron chi connectivity index (χ4n) is 3.13. The zero-order chi connectivity index (χ0) is 14.7. The van der Waals surface area contributed by atoms with Crippen molar-refractivity contribution < 1.29 is 9.90 Å². The van der Waals surface area contributed by atoms with Crippen LogP contribution < -0.4 is 10.2 Å². The third kappa shape index (κ3) is 3.29. The highest BCUT2D eigenvalue weighted by Gasteiger charge is 2.28. The Kier molecular flexibility index (Phi) is 4.29. The number of nitrogens with one attached hydrogen (secondary N) is 1. The molecule has 0 aliphatic carbocycles. The number of hydrogen-bond acceptors (Lipinski definition) is 4. The summed E-state index contributed by atoms with van der Waals surface area (Å²) in [5, 5.41) is 12.7. The molecule has 1 amide bonds. The molecule has 0 spiro atoms. The molecule has 0 aromatic heterocycles. The van der Waals surface area contributed by atoms with Gasteiger partial charge < -0.3 is 20.2 Å². The van der Waals surface area contributed by atoms with E-state index in [2.05, 4.69) is 10.2 Å². The number of piperazine rings is 1. The van der Waals surface area contributed by atoms with Gasteiger partial charge in [0.1, 0.15) is 5.75 Å². The van der Waals surface area contributed by atoms with Gasteiger partial charge in [0.15, 0.2) is 0 Å². The first-order chi connectivity index (χ1) is 10.2. The summed E-state index contributed by atoms with van der Waals surface area (Å²) < 4.78 is 0. The van der Waals surface area contributed by atoms with E-state index in [1.54, 1.807) is 12.1 Å². The van der Waals surface area contributed by atoms with Gasteiger partial charge in [-0.3, -0.25) is 4.79 Å². The average molecular weight is 289 g/mol. The number of hydrogen-bond donors (Lipinski definition) is 2. The van der Waals surface area contributed by atoms with Crippen LogP contribution in [0.3, 0.4) is 0 Å². The molecule has 1 aromatic carbocycles. The van der Waals surface area contributed by atoms with Crippen LogP contribution in [0.2, 0.25) is 0 Å². The van der Waals surface area contributed by atoms with E-state index in [0.29, 0.717) is 0 Å². The summed E-state index contributed by atoms with van der Waals surface area (Å²) in [5.41, 5.74) is 1.11. The van der Waals surface area contributed by atoms with E-state index in [1.165, 1.54) is 6.42 Å².